The van der Waals surface area contributed by atoms with Crippen LogP contribution in [0.4, 0.5) is 4.39 Å². The van der Waals surface area contributed by atoms with E-state index in [0.29, 0.717) is 5.56 Å². The van der Waals surface area contributed by atoms with Crippen molar-refractivity contribution < 1.29 is 9.13 Å². The molecule has 16 heavy (non-hydrogen) atoms. The second kappa shape index (κ2) is 5.97. The van der Waals surface area contributed by atoms with Crippen LogP contribution in [0.5, 0.6) is 0 Å². The molecule has 0 aromatic heterocycles. The molecule has 0 fully saturated rings. The maximum Gasteiger partial charge on any atom is 0.129 e. The fourth-order valence-electron chi connectivity index (χ4n) is 1.53. The third-order valence-electron chi connectivity index (χ3n) is 2.64. The van der Waals surface area contributed by atoms with Crippen molar-refractivity contribution >= 4 is 0 Å². The minimum absolute atomic E-state index is 0.0793. The number of nitrogens with two attached hydrogens (primary N) is 1. The zero-order chi connectivity index (χ0) is 12.1. The van der Waals surface area contributed by atoms with Gasteiger partial charge in [-0.3, -0.25) is 0 Å². The molecule has 1 aromatic carbocycles. The average molecular weight is 225 g/mol. The first-order valence-electron chi connectivity index (χ1n) is 5.71. The summed E-state index contributed by atoms with van der Waals surface area (Å²) in [6, 6.07) is 6.40. The highest BCUT2D eigenvalue weighted by Crippen LogP contribution is 2.25. The number of ether oxygens (including phenoxy) is 1. The molecule has 3 unspecified atom stereocenters. The van der Waals surface area contributed by atoms with E-state index in [4.69, 9.17) is 10.5 Å². The van der Waals surface area contributed by atoms with E-state index >= 15 is 0 Å². The first kappa shape index (κ1) is 13.1. The smallest absolute Gasteiger partial charge is 0.129 e. The quantitative estimate of drug-likeness (QED) is 0.836. The number of benzene rings is 1. The molecule has 0 radical (unpaired) electrons. The molecule has 2 N–H and O–H groups in total. The van der Waals surface area contributed by atoms with Gasteiger partial charge in [-0.1, -0.05) is 25.1 Å². The van der Waals surface area contributed by atoms with Crippen molar-refractivity contribution in [2.45, 2.75) is 45.4 Å². The van der Waals surface area contributed by atoms with E-state index in [1.54, 1.807) is 18.2 Å². The Morgan fingerprint density at radius 2 is 1.94 bits per heavy atom. The Morgan fingerprint density at radius 3 is 2.44 bits per heavy atom. The summed E-state index contributed by atoms with van der Waals surface area (Å²) in [6.07, 6.45) is 0.587. The minimum atomic E-state index is -0.379. The first-order valence-corrected chi connectivity index (χ1v) is 5.71. The Morgan fingerprint density at radius 1 is 1.31 bits per heavy atom. The van der Waals surface area contributed by atoms with Gasteiger partial charge in [0, 0.05) is 11.6 Å². The van der Waals surface area contributed by atoms with Gasteiger partial charge in [-0.15, -0.1) is 0 Å². The van der Waals surface area contributed by atoms with Crippen molar-refractivity contribution in [3.8, 4) is 0 Å². The molecule has 3 heteroatoms. The SMILES string of the molecule is CCC(C)OC(c1ccccc1F)C(C)N. The lowest BCUT2D eigenvalue weighted by Gasteiger charge is -2.25. The molecule has 3 atom stereocenters. The molecule has 90 valence electrons. The zero-order valence-electron chi connectivity index (χ0n) is 10.1. The Balaban J connectivity index is 2.90. The molecule has 0 saturated carbocycles. The third-order valence-corrected chi connectivity index (χ3v) is 2.64. The van der Waals surface area contributed by atoms with Crippen LogP contribution in [0.3, 0.4) is 0 Å². The van der Waals surface area contributed by atoms with E-state index in [-0.39, 0.29) is 24.1 Å². The van der Waals surface area contributed by atoms with Gasteiger partial charge >= 0.3 is 0 Å². The van der Waals surface area contributed by atoms with E-state index in [0.717, 1.165) is 6.42 Å². The van der Waals surface area contributed by atoms with E-state index in [1.165, 1.54) is 6.07 Å². The van der Waals surface area contributed by atoms with Gasteiger partial charge in [-0.2, -0.15) is 0 Å². The van der Waals surface area contributed by atoms with Gasteiger partial charge in [0.2, 0.25) is 0 Å². The topological polar surface area (TPSA) is 35.2 Å². The van der Waals surface area contributed by atoms with Gasteiger partial charge < -0.3 is 10.5 Å². The summed E-state index contributed by atoms with van der Waals surface area (Å²) < 4.78 is 19.4. The van der Waals surface area contributed by atoms with E-state index in [9.17, 15) is 4.39 Å². The summed E-state index contributed by atoms with van der Waals surface area (Å²) >= 11 is 0. The summed E-state index contributed by atoms with van der Waals surface area (Å²) in [4.78, 5) is 0. The van der Waals surface area contributed by atoms with Crippen LogP contribution in [0, 0.1) is 5.82 Å². The van der Waals surface area contributed by atoms with Crippen LogP contribution in [0.25, 0.3) is 0 Å². The van der Waals surface area contributed by atoms with Gasteiger partial charge in [0.05, 0.1) is 6.10 Å². The second-order valence-electron chi connectivity index (χ2n) is 4.16. The highest BCUT2D eigenvalue weighted by molar-refractivity contribution is 5.21. The molecule has 0 amide bonds. The number of hydrogen-bond acceptors (Lipinski definition) is 2. The molecule has 0 spiro atoms. The van der Waals surface area contributed by atoms with Crippen molar-refractivity contribution in [3.05, 3.63) is 35.6 Å². The highest BCUT2D eigenvalue weighted by atomic mass is 19.1. The van der Waals surface area contributed by atoms with Crippen molar-refractivity contribution in [1.82, 2.24) is 0 Å². The fraction of sp³-hybridized carbons (Fsp3) is 0.538. The van der Waals surface area contributed by atoms with Crippen LogP contribution >= 0.6 is 0 Å². The van der Waals surface area contributed by atoms with Gasteiger partial charge in [-0.05, 0) is 26.3 Å². The zero-order valence-corrected chi connectivity index (χ0v) is 10.1. The average Bonchev–Trinajstić information content (AvgIpc) is 2.26. The van der Waals surface area contributed by atoms with Gasteiger partial charge in [-0.25, -0.2) is 4.39 Å². The van der Waals surface area contributed by atoms with Gasteiger partial charge in [0.25, 0.3) is 0 Å². The van der Waals surface area contributed by atoms with E-state index in [1.807, 2.05) is 20.8 Å². The van der Waals surface area contributed by atoms with Gasteiger partial charge in [0.15, 0.2) is 0 Å². The third kappa shape index (κ3) is 3.29. The molecule has 0 bridgehead atoms. The monoisotopic (exact) mass is 225 g/mol. The second-order valence-corrected chi connectivity index (χ2v) is 4.16. The Hall–Kier alpha value is -0.930. The molecule has 0 aliphatic heterocycles. The summed E-state index contributed by atoms with van der Waals surface area (Å²) in [5.41, 5.74) is 6.39. The molecule has 0 heterocycles. The molecule has 1 aromatic rings. The lowest BCUT2D eigenvalue weighted by molar-refractivity contribution is -0.0179. The van der Waals surface area contributed by atoms with Crippen molar-refractivity contribution in [3.63, 3.8) is 0 Å². The standard InChI is InChI=1S/C13H20FNO/c1-4-9(2)16-13(10(3)15)11-7-5-6-8-12(11)14/h5-10,13H,4,15H2,1-3H3. The number of rotatable bonds is 5. The largest absolute Gasteiger partial charge is 0.369 e. The predicted octanol–water partition coefficient (Wildman–Crippen LogP) is 3.03. The van der Waals surface area contributed by atoms with Crippen molar-refractivity contribution in [1.29, 1.82) is 0 Å². The Kier molecular flexibility index (Phi) is 4.90. The summed E-state index contributed by atoms with van der Waals surface area (Å²) in [5.74, 6) is -0.256. The molecule has 1 rings (SSSR count). The summed E-state index contributed by atoms with van der Waals surface area (Å²) in [5, 5.41) is 0. The summed E-state index contributed by atoms with van der Waals surface area (Å²) in [6.45, 7) is 5.83. The van der Waals surface area contributed by atoms with Crippen LogP contribution in [0.15, 0.2) is 24.3 Å². The normalized spacial score (nSPS) is 16.8. The molecule has 0 aliphatic carbocycles. The summed E-state index contributed by atoms with van der Waals surface area (Å²) in [7, 11) is 0. The minimum Gasteiger partial charge on any atom is -0.369 e. The van der Waals surface area contributed by atoms with Crippen molar-refractivity contribution in [2.24, 2.45) is 5.73 Å². The van der Waals surface area contributed by atoms with Crippen LogP contribution in [0.2, 0.25) is 0 Å². The van der Waals surface area contributed by atoms with E-state index < -0.39 is 0 Å². The van der Waals surface area contributed by atoms with E-state index in [2.05, 4.69) is 0 Å². The lowest BCUT2D eigenvalue weighted by Crippen LogP contribution is -2.30. The maximum atomic E-state index is 13.6. The van der Waals surface area contributed by atoms with Crippen molar-refractivity contribution in [2.75, 3.05) is 0 Å². The molecule has 2 nitrogen and oxygen atoms in total. The number of halogens is 1. The van der Waals surface area contributed by atoms with Gasteiger partial charge in [0.1, 0.15) is 11.9 Å². The van der Waals surface area contributed by atoms with Crippen LogP contribution in [0.1, 0.15) is 38.9 Å². The fourth-order valence-corrected chi connectivity index (χ4v) is 1.53. The maximum absolute atomic E-state index is 13.6. The molecule has 0 aliphatic rings. The van der Waals surface area contributed by atoms with Crippen LogP contribution < -0.4 is 5.73 Å². The lowest BCUT2D eigenvalue weighted by atomic mass is 10.0. The number of hydrogen-bond donors (Lipinski definition) is 1. The molecule has 0 saturated heterocycles. The van der Waals surface area contributed by atoms with Crippen LogP contribution in [-0.4, -0.2) is 12.1 Å². The van der Waals surface area contributed by atoms with Crippen LogP contribution in [-0.2, 0) is 4.74 Å². The molecular formula is C13H20FNO. The Bertz CT molecular complexity index is 327. The first-order chi connectivity index (χ1) is 7.56. The predicted molar refractivity (Wildman–Crippen MR) is 63.6 cm³/mol. The highest BCUT2D eigenvalue weighted by Gasteiger charge is 2.21. The molecular weight excluding hydrogens is 205 g/mol. The Labute approximate surface area is 96.6 Å².